The van der Waals surface area contributed by atoms with Crippen LogP contribution >= 0.6 is 11.3 Å². The Morgan fingerprint density at radius 2 is 1.72 bits per heavy atom. The third-order valence-corrected chi connectivity index (χ3v) is 6.14. The van der Waals surface area contributed by atoms with Gasteiger partial charge in [-0.3, -0.25) is 4.79 Å². The molecule has 32 heavy (non-hydrogen) atoms. The minimum absolute atomic E-state index is 0.0394. The van der Waals surface area contributed by atoms with Gasteiger partial charge in [-0.15, -0.1) is 11.3 Å². The molecule has 9 nitrogen and oxygen atoms in total. The highest BCUT2D eigenvalue weighted by Crippen LogP contribution is 2.34. The largest absolute Gasteiger partial charge is 0.482 e. The summed E-state index contributed by atoms with van der Waals surface area (Å²) in [6.07, 6.45) is 3.15. The summed E-state index contributed by atoms with van der Waals surface area (Å²) in [7, 11) is 2.40. The van der Waals surface area contributed by atoms with Gasteiger partial charge in [-0.05, 0) is 55.0 Å². The zero-order valence-corrected chi connectivity index (χ0v) is 18.8. The van der Waals surface area contributed by atoms with Gasteiger partial charge in [0, 0.05) is 0 Å². The van der Waals surface area contributed by atoms with Gasteiger partial charge in [0.25, 0.3) is 5.91 Å². The van der Waals surface area contributed by atoms with Crippen LogP contribution in [0.2, 0.25) is 0 Å². The SMILES string of the molecule is COC(=O)c1sc(NC(=O)COC(=O)COc2ccc3c(c2)CCC3)c(C(=O)OC)c1C. The summed E-state index contributed by atoms with van der Waals surface area (Å²) in [6.45, 7) is 0.614. The van der Waals surface area contributed by atoms with Gasteiger partial charge in [-0.2, -0.15) is 0 Å². The predicted molar refractivity (Wildman–Crippen MR) is 115 cm³/mol. The average Bonchev–Trinajstić information content (AvgIpc) is 3.38. The number of esters is 3. The van der Waals surface area contributed by atoms with Gasteiger partial charge < -0.3 is 24.3 Å². The van der Waals surface area contributed by atoms with Crippen LogP contribution in [0.15, 0.2) is 18.2 Å². The van der Waals surface area contributed by atoms with Crippen LogP contribution in [0, 0.1) is 6.92 Å². The molecule has 0 bridgehead atoms. The summed E-state index contributed by atoms with van der Waals surface area (Å²) in [6, 6.07) is 5.70. The van der Waals surface area contributed by atoms with E-state index >= 15 is 0 Å². The number of hydrogen-bond donors (Lipinski definition) is 1. The van der Waals surface area contributed by atoms with Crippen molar-refractivity contribution in [2.75, 3.05) is 32.8 Å². The minimum atomic E-state index is -0.719. The maximum absolute atomic E-state index is 12.3. The molecule has 1 N–H and O–H groups in total. The monoisotopic (exact) mass is 461 g/mol. The Morgan fingerprint density at radius 3 is 2.44 bits per heavy atom. The average molecular weight is 461 g/mol. The molecule has 1 heterocycles. The lowest BCUT2D eigenvalue weighted by Gasteiger charge is -2.09. The van der Waals surface area contributed by atoms with E-state index in [0.29, 0.717) is 11.3 Å². The van der Waals surface area contributed by atoms with E-state index in [1.54, 1.807) is 13.0 Å². The van der Waals surface area contributed by atoms with Crippen LogP contribution in [0.5, 0.6) is 5.75 Å². The second-order valence-electron chi connectivity index (χ2n) is 7.03. The number of carbonyl (C=O) groups excluding carboxylic acids is 4. The van der Waals surface area contributed by atoms with Crippen molar-refractivity contribution in [1.29, 1.82) is 0 Å². The van der Waals surface area contributed by atoms with E-state index in [1.165, 1.54) is 25.3 Å². The van der Waals surface area contributed by atoms with E-state index in [-0.39, 0.29) is 22.0 Å². The molecule has 1 aliphatic carbocycles. The molecule has 0 saturated heterocycles. The molecule has 0 spiro atoms. The number of hydrogen-bond acceptors (Lipinski definition) is 9. The molecule has 10 heteroatoms. The fourth-order valence-electron chi connectivity index (χ4n) is 3.37. The summed E-state index contributed by atoms with van der Waals surface area (Å²) in [4.78, 5) is 48.4. The summed E-state index contributed by atoms with van der Waals surface area (Å²) in [5, 5.41) is 2.58. The first-order valence-corrected chi connectivity index (χ1v) is 10.7. The van der Waals surface area contributed by atoms with Crippen molar-refractivity contribution < 1.29 is 38.1 Å². The third kappa shape index (κ3) is 5.25. The molecular weight excluding hydrogens is 438 g/mol. The number of amides is 1. The van der Waals surface area contributed by atoms with Gasteiger partial charge in [-0.25, -0.2) is 14.4 Å². The Hall–Kier alpha value is -3.40. The van der Waals surface area contributed by atoms with Crippen molar-refractivity contribution in [3.8, 4) is 5.75 Å². The van der Waals surface area contributed by atoms with E-state index < -0.39 is 30.4 Å². The van der Waals surface area contributed by atoms with Crippen LogP contribution < -0.4 is 10.1 Å². The maximum atomic E-state index is 12.3. The number of fused-ring (bicyclic) bond motifs is 1. The number of anilines is 1. The number of benzene rings is 1. The van der Waals surface area contributed by atoms with E-state index in [0.717, 1.165) is 30.6 Å². The Bertz CT molecular complexity index is 1060. The summed E-state index contributed by atoms with van der Waals surface area (Å²) < 4.78 is 19.8. The molecule has 0 fully saturated rings. The minimum Gasteiger partial charge on any atom is -0.482 e. The van der Waals surface area contributed by atoms with Gasteiger partial charge in [-0.1, -0.05) is 6.07 Å². The number of carbonyl (C=O) groups is 4. The first kappa shape index (κ1) is 23.3. The molecule has 2 aromatic rings. The number of ether oxygens (including phenoxy) is 4. The number of rotatable bonds is 8. The van der Waals surface area contributed by atoms with Crippen LogP contribution in [-0.4, -0.2) is 51.2 Å². The lowest BCUT2D eigenvalue weighted by atomic mass is 10.1. The molecule has 0 unspecified atom stereocenters. The van der Waals surface area contributed by atoms with Gasteiger partial charge in [0.05, 0.1) is 19.8 Å². The normalized spacial score (nSPS) is 12.0. The maximum Gasteiger partial charge on any atom is 0.348 e. The first-order valence-electron chi connectivity index (χ1n) is 9.84. The smallest absolute Gasteiger partial charge is 0.348 e. The van der Waals surface area contributed by atoms with E-state index in [2.05, 4.69) is 5.32 Å². The van der Waals surface area contributed by atoms with E-state index in [9.17, 15) is 19.2 Å². The lowest BCUT2D eigenvalue weighted by molar-refractivity contribution is -0.149. The van der Waals surface area contributed by atoms with Crippen LogP contribution in [0.25, 0.3) is 0 Å². The number of thiophene rings is 1. The molecule has 1 aliphatic rings. The van der Waals surface area contributed by atoms with Gasteiger partial charge >= 0.3 is 17.9 Å². The second-order valence-corrected chi connectivity index (χ2v) is 8.05. The van der Waals surface area contributed by atoms with Crippen molar-refractivity contribution in [1.82, 2.24) is 0 Å². The van der Waals surface area contributed by atoms with Crippen molar-refractivity contribution in [2.24, 2.45) is 0 Å². The topological polar surface area (TPSA) is 117 Å². The van der Waals surface area contributed by atoms with Gasteiger partial charge in [0.1, 0.15) is 15.6 Å². The van der Waals surface area contributed by atoms with Crippen LogP contribution in [-0.2, 0) is 36.6 Å². The molecule has 0 atom stereocenters. The zero-order valence-electron chi connectivity index (χ0n) is 17.9. The number of nitrogens with one attached hydrogen (secondary N) is 1. The molecule has 1 aromatic carbocycles. The van der Waals surface area contributed by atoms with Crippen LogP contribution in [0.1, 0.15) is 43.1 Å². The Labute approximate surface area is 188 Å². The van der Waals surface area contributed by atoms with E-state index in [1.807, 2.05) is 12.1 Å². The quantitative estimate of drug-likeness (QED) is 0.471. The second kappa shape index (κ2) is 10.3. The molecule has 1 aromatic heterocycles. The Morgan fingerprint density at radius 1 is 1.00 bits per heavy atom. The Kier molecular flexibility index (Phi) is 7.47. The molecule has 1 amide bonds. The summed E-state index contributed by atoms with van der Waals surface area (Å²) in [5.74, 6) is -2.19. The Balaban J connectivity index is 1.55. The third-order valence-electron chi connectivity index (χ3n) is 4.95. The molecule has 0 saturated carbocycles. The lowest BCUT2D eigenvalue weighted by Crippen LogP contribution is -2.24. The van der Waals surface area contributed by atoms with E-state index in [4.69, 9.17) is 18.9 Å². The molecule has 170 valence electrons. The zero-order chi connectivity index (χ0) is 23.3. The van der Waals surface area contributed by atoms with Crippen molar-refractivity contribution in [3.63, 3.8) is 0 Å². The summed E-state index contributed by atoms with van der Waals surface area (Å²) >= 11 is 0.870. The highest BCUT2D eigenvalue weighted by molar-refractivity contribution is 7.18. The van der Waals surface area contributed by atoms with Gasteiger partial charge in [0.15, 0.2) is 13.2 Å². The first-order chi connectivity index (χ1) is 15.3. The fraction of sp³-hybridized carbons (Fsp3) is 0.364. The molecular formula is C22H23NO8S. The standard InChI is InChI=1S/C22H23NO8S/c1-12-18(21(26)28-2)20(32-19(12)22(27)29-3)23-16(24)10-31-17(25)11-30-15-8-7-13-5-4-6-14(13)9-15/h7-9H,4-6,10-11H2,1-3H3,(H,23,24). The fourth-order valence-corrected chi connectivity index (χ4v) is 4.50. The van der Waals surface area contributed by atoms with Gasteiger partial charge in [0.2, 0.25) is 0 Å². The van der Waals surface area contributed by atoms with Crippen LogP contribution in [0.3, 0.4) is 0 Å². The molecule has 0 aliphatic heterocycles. The van der Waals surface area contributed by atoms with Crippen LogP contribution in [0.4, 0.5) is 5.00 Å². The number of methoxy groups -OCH3 is 2. The predicted octanol–water partition coefficient (Wildman–Crippen LogP) is 2.68. The number of aryl methyl sites for hydroxylation is 2. The molecule has 0 radical (unpaired) electrons. The van der Waals surface area contributed by atoms with Crippen molar-refractivity contribution in [3.05, 3.63) is 45.3 Å². The molecule has 3 rings (SSSR count). The highest BCUT2D eigenvalue weighted by Gasteiger charge is 2.27. The highest BCUT2D eigenvalue weighted by atomic mass is 32.1. The summed E-state index contributed by atoms with van der Waals surface area (Å²) in [5.41, 5.74) is 2.87. The van der Waals surface area contributed by atoms with Crippen molar-refractivity contribution >= 4 is 40.2 Å². The van der Waals surface area contributed by atoms with Crippen molar-refractivity contribution in [2.45, 2.75) is 26.2 Å².